The van der Waals surface area contributed by atoms with Crippen LogP contribution in [0.15, 0.2) is 0 Å². The van der Waals surface area contributed by atoms with Crippen LogP contribution in [-0.2, 0) is 9.53 Å². The lowest BCUT2D eigenvalue weighted by atomic mass is 10.2. The zero-order chi connectivity index (χ0) is 8.20. The maximum atomic E-state index is 10.6. The van der Waals surface area contributed by atoms with Crippen molar-refractivity contribution in [3.63, 3.8) is 0 Å². The predicted octanol–water partition coefficient (Wildman–Crippen LogP) is 1.25. The SMILES string of the molecule is CC(C)(C)OC(=O)C[CH]O. The minimum atomic E-state index is -0.458. The van der Waals surface area contributed by atoms with E-state index < -0.39 is 11.6 Å². The highest BCUT2D eigenvalue weighted by Gasteiger charge is 2.15. The Morgan fingerprint density at radius 3 is 2.40 bits per heavy atom. The van der Waals surface area contributed by atoms with Crippen LogP contribution in [0.1, 0.15) is 27.2 Å². The van der Waals surface area contributed by atoms with Crippen LogP contribution in [0.2, 0.25) is 0 Å². The van der Waals surface area contributed by atoms with Crippen molar-refractivity contribution in [1.29, 1.82) is 0 Å². The van der Waals surface area contributed by atoms with Crippen molar-refractivity contribution in [2.75, 3.05) is 0 Å². The molecule has 0 aliphatic heterocycles. The van der Waals surface area contributed by atoms with Crippen LogP contribution < -0.4 is 0 Å². The van der Waals surface area contributed by atoms with E-state index >= 15 is 0 Å². The summed E-state index contributed by atoms with van der Waals surface area (Å²) in [5.41, 5.74) is -0.458. The summed E-state index contributed by atoms with van der Waals surface area (Å²) in [6.07, 6.45) is -0.0444. The Morgan fingerprint density at radius 2 is 2.10 bits per heavy atom. The van der Waals surface area contributed by atoms with Crippen LogP contribution in [0.5, 0.6) is 0 Å². The van der Waals surface area contributed by atoms with Gasteiger partial charge >= 0.3 is 5.97 Å². The Labute approximate surface area is 61.0 Å². The molecule has 59 valence electrons. The van der Waals surface area contributed by atoms with E-state index in [-0.39, 0.29) is 6.42 Å². The van der Waals surface area contributed by atoms with Gasteiger partial charge in [0.05, 0.1) is 13.0 Å². The van der Waals surface area contributed by atoms with E-state index in [1.165, 1.54) is 0 Å². The average Bonchev–Trinajstić information content (AvgIpc) is 1.59. The molecule has 0 rings (SSSR count). The molecule has 0 fully saturated rings. The molecule has 0 aliphatic rings. The second kappa shape index (κ2) is 3.56. The number of carbonyl (C=O) groups excluding carboxylic acids is 1. The molecule has 0 aromatic rings. The summed E-state index contributed by atoms with van der Waals surface area (Å²) in [7, 11) is 0. The van der Waals surface area contributed by atoms with Crippen molar-refractivity contribution in [3.8, 4) is 0 Å². The smallest absolute Gasteiger partial charge is 0.309 e. The fraction of sp³-hybridized carbons (Fsp3) is 0.714. The molecule has 0 amide bonds. The van der Waals surface area contributed by atoms with E-state index in [4.69, 9.17) is 9.84 Å². The standard InChI is InChI=1S/C7H13O3/c1-7(2,3)10-6(9)4-5-8/h5,8H,4H2,1-3H3. The third-order valence-electron chi connectivity index (χ3n) is 0.678. The molecule has 0 unspecified atom stereocenters. The molecule has 3 heteroatoms. The zero-order valence-electron chi connectivity index (χ0n) is 6.55. The van der Waals surface area contributed by atoms with Crippen LogP contribution in [0, 0.1) is 6.61 Å². The van der Waals surface area contributed by atoms with Crippen molar-refractivity contribution in [1.82, 2.24) is 0 Å². The first-order chi connectivity index (χ1) is 4.45. The Bertz CT molecular complexity index is 113. The lowest BCUT2D eigenvalue weighted by Gasteiger charge is -2.18. The third-order valence-corrected chi connectivity index (χ3v) is 0.678. The van der Waals surface area contributed by atoms with Crippen LogP contribution in [0.25, 0.3) is 0 Å². The van der Waals surface area contributed by atoms with E-state index in [9.17, 15) is 4.79 Å². The fourth-order valence-corrected chi connectivity index (χ4v) is 0.458. The lowest BCUT2D eigenvalue weighted by Crippen LogP contribution is -2.23. The number of aliphatic hydroxyl groups excluding tert-OH is 1. The van der Waals surface area contributed by atoms with Crippen LogP contribution in [-0.4, -0.2) is 16.7 Å². The van der Waals surface area contributed by atoms with E-state index in [1.807, 2.05) is 0 Å². The zero-order valence-corrected chi connectivity index (χ0v) is 6.55. The molecule has 0 spiro atoms. The molecule has 0 aromatic carbocycles. The van der Waals surface area contributed by atoms with Gasteiger partial charge in [-0.2, -0.15) is 0 Å². The normalized spacial score (nSPS) is 11.2. The van der Waals surface area contributed by atoms with Gasteiger partial charge in [-0.25, -0.2) is 0 Å². The summed E-state index contributed by atoms with van der Waals surface area (Å²) in [6, 6.07) is 0. The Balaban J connectivity index is 3.58. The number of ether oxygens (including phenoxy) is 1. The van der Waals surface area contributed by atoms with Gasteiger partial charge in [0.15, 0.2) is 0 Å². The number of rotatable bonds is 2. The molecule has 3 nitrogen and oxygen atoms in total. The summed E-state index contributed by atoms with van der Waals surface area (Å²) in [5.74, 6) is -0.407. The maximum absolute atomic E-state index is 10.6. The highest BCUT2D eigenvalue weighted by Crippen LogP contribution is 2.07. The van der Waals surface area contributed by atoms with Crippen molar-refractivity contribution >= 4 is 5.97 Å². The number of carbonyl (C=O) groups is 1. The van der Waals surface area contributed by atoms with Crippen molar-refractivity contribution in [2.45, 2.75) is 32.8 Å². The van der Waals surface area contributed by atoms with Gasteiger partial charge in [-0.3, -0.25) is 4.79 Å². The van der Waals surface area contributed by atoms with Gasteiger partial charge in [0.1, 0.15) is 5.60 Å². The fourth-order valence-electron chi connectivity index (χ4n) is 0.458. The third kappa shape index (κ3) is 5.56. The van der Waals surface area contributed by atoms with Crippen molar-refractivity contribution in [3.05, 3.63) is 6.61 Å². The highest BCUT2D eigenvalue weighted by atomic mass is 16.6. The first-order valence-corrected chi connectivity index (χ1v) is 3.13. The maximum Gasteiger partial charge on any atom is 0.309 e. The number of esters is 1. The number of hydrogen-bond acceptors (Lipinski definition) is 3. The van der Waals surface area contributed by atoms with Crippen LogP contribution in [0.4, 0.5) is 0 Å². The van der Waals surface area contributed by atoms with Crippen LogP contribution in [0.3, 0.4) is 0 Å². The molecule has 0 heterocycles. The largest absolute Gasteiger partial charge is 0.460 e. The topological polar surface area (TPSA) is 46.5 Å². The van der Waals surface area contributed by atoms with Gasteiger partial charge < -0.3 is 9.84 Å². The number of hydrogen-bond donors (Lipinski definition) is 1. The summed E-state index contributed by atoms with van der Waals surface area (Å²) in [6.45, 7) is 6.13. The van der Waals surface area contributed by atoms with Crippen molar-refractivity contribution < 1.29 is 14.6 Å². The molecular weight excluding hydrogens is 132 g/mol. The minimum Gasteiger partial charge on any atom is -0.460 e. The van der Waals surface area contributed by atoms with Gasteiger partial charge in [0, 0.05) is 0 Å². The molecule has 0 atom stereocenters. The predicted molar refractivity (Wildman–Crippen MR) is 36.7 cm³/mol. The van der Waals surface area contributed by atoms with E-state index in [1.54, 1.807) is 20.8 Å². The average molecular weight is 145 g/mol. The first kappa shape index (κ1) is 9.43. The van der Waals surface area contributed by atoms with Crippen molar-refractivity contribution in [2.24, 2.45) is 0 Å². The summed E-state index contributed by atoms with van der Waals surface area (Å²) in [4.78, 5) is 10.6. The first-order valence-electron chi connectivity index (χ1n) is 3.13. The van der Waals surface area contributed by atoms with Gasteiger partial charge in [0.25, 0.3) is 0 Å². The van der Waals surface area contributed by atoms with E-state index in [0.717, 1.165) is 6.61 Å². The van der Waals surface area contributed by atoms with Crippen LogP contribution >= 0.6 is 0 Å². The molecule has 0 aromatic heterocycles. The molecule has 0 bridgehead atoms. The van der Waals surface area contributed by atoms with Gasteiger partial charge in [-0.1, -0.05) is 0 Å². The minimum absolute atomic E-state index is 0.0444. The van der Waals surface area contributed by atoms with Gasteiger partial charge in [0.2, 0.25) is 0 Å². The Morgan fingerprint density at radius 1 is 1.60 bits per heavy atom. The summed E-state index contributed by atoms with van der Waals surface area (Å²) < 4.78 is 4.85. The second-order valence-electron chi connectivity index (χ2n) is 2.97. The van der Waals surface area contributed by atoms with Gasteiger partial charge in [-0.05, 0) is 20.8 Å². The second-order valence-corrected chi connectivity index (χ2v) is 2.97. The van der Waals surface area contributed by atoms with E-state index in [2.05, 4.69) is 0 Å². The monoisotopic (exact) mass is 145 g/mol. The summed E-state index contributed by atoms with van der Waals surface area (Å²) >= 11 is 0. The van der Waals surface area contributed by atoms with E-state index in [0.29, 0.717) is 0 Å². The highest BCUT2D eigenvalue weighted by molar-refractivity contribution is 5.70. The molecule has 1 radical (unpaired) electrons. The lowest BCUT2D eigenvalue weighted by molar-refractivity contribution is -0.154. The molecular formula is C7H13O3. The molecule has 0 saturated carbocycles. The molecule has 0 saturated heterocycles. The summed E-state index contributed by atoms with van der Waals surface area (Å²) in [5, 5.41) is 8.21. The van der Waals surface area contributed by atoms with Gasteiger partial charge in [-0.15, -0.1) is 0 Å². The molecule has 0 aliphatic carbocycles. The Hall–Kier alpha value is -0.570. The Kier molecular flexibility index (Phi) is 3.36. The quantitative estimate of drug-likeness (QED) is 0.595. The molecule has 1 N–H and O–H groups in total. The molecule has 10 heavy (non-hydrogen) atoms. The number of aliphatic hydroxyl groups is 1.